The predicted molar refractivity (Wildman–Crippen MR) is 63.9 cm³/mol. The average Bonchev–Trinajstić information content (AvgIpc) is 2.28. The number of benzene rings is 1. The van der Waals surface area contributed by atoms with Gasteiger partial charge in [0.15, 0.2) is 5.78 Å². The molecule has 98 valence electrons. The van der Waals surface area contributed by atoms with Crippen molar-refractivity contribution in [3.05, 3.63) is 29.8 Å². The number of sulfonamides is 1. The molecule has 0 spiro atoms. The maximum Gasteiger partial charge on any atom is 0.318 e. The van der Waals surface area contributed by atoms with E-state index in [2.05, 4.69) is 0 Å². The number of hydrogen-bond donors (Lipinski definition) is 1. The van der Waals surface area contributed by atoms with Gasteiger partial charge >= 0.3 is 5.97 Å². The van der Waals surface area contributed by atoms with Crippen LogP contribution in [-0.2, 0) is 14.8 Å². The summed E-state index contributed by atoms with van der Waals surface area (Å²) in [6.07, 6.45) is 0. The standard InChI is InChI=1S/C11H13NO5S/c1-8(13)9-3-5-10(6-4-9)18(16,17)12(2)7-11(14)15/h3-6H,7H2,1-2H3,(H,14,15). The van der Waals surface area contributed by atoms with E-state index in [-0.39, 0.29) is 10.7 Å². The van der Waals surface area contributed by atoms with Crippen molar-refractivity contribution in [1.82, 2.24) is 4.31 Å². The van der Waals surface area contributed by atoms with E-state index in [1.54, 1.807) is 0 Å². The van der Waals surface area contributed by atoms with E-state index in [1.807, 2.05) is 0 Å². The molecule has 0 amide bonds. The van der Waals surface area contributed by atoms with Gasteiger partial charge in [0.25, 0.3) is 0 Å². The summed E-state index contributed by atoms with van der Waals surface area (Å²) in [5.41, 5.74) is 0.398. The molecule has 0 aliphatic heterocycles. The Hall–Kier alpha value is -1.73. The largest absolute Gasteiger partial charge is 0.480 e. The number of ketones is 1. The fourth-order valence-electron chi connectivity index (χ4n) is 1.32. The van der Waals surface area contributed by atoms with Crippen LogP contribution in [0.25, 0.3) is 0 Å². The highest BCUT2D eigenvalue weighted by Crippen LogP contribution is 2.15. The number of nitrogens with zero attached hydrogens (tertiary/aromatic N) is 1. The molecule has 1 N–H and O–H groups in total. The van der Waals surface area contributed by atoms with Gasteiger partial charge in [0.2, 0.25) is 10.0 Å². The zero-order valence-corrected chi connectivity index (χ0v) is 10.8. The van der Waals surface area contributed by atoms with Crippen LogP contribution in [0.2, 0.25) is 0 Å². The van der Waals surface area contributed by atoms with Crippen molar-refractivity contribution in [2.45, 2.75) is 11.8 Å². The summed E-state index contributed by atoms with van der Waals surface area (Å²) in [5.74, 6) is -1.40. The Bertz CT molecular complexity index is 562. The summed E-state index contributed by atoms with van der Waals surface area (Å²) in [5, 5.41) is 8.56. The van der Waals surface area contributed by atoms with Gasteiger partial charge in [-0.15, -0.1) is 0 Å². The molecule has 0 aliphatic rings. The van der Waals surface area contributed by atoms with Crippen LogP contribution in [0.1, 0.15) is 17.3 Å². The van der Waals surface area contributed by atoms with Crippen LogP contribution < -0.4 is 0 Å². The van der Waals surface area contributed by atoms with E-state index in [9.17, 15) is 18.0 Å². The molecule has 0 atom stereocenters. The van der Waals surface area contributed by atoms with Gasteiger partial charge in [0.1, 0.15) is 6.54 Å². The highest BCUT2D eigenvalue weighted by Gasteiger charge is 2.22. The van der Waals surface area contributed by atoms with Gasteiger partial charge in [-0.3, -0.25) is 9.59 Å². The van der Waals surface area contributed by atoms with E-state index in [0.717, 1.165) is 4.31 Å². The number of carboxylic acid groups (broad SMARTS) is 1. The zero-order chi connectivity index (χ0) is 13.9. The first-order valence-electron chi connectivity index (χ1n) is 5.04. The number of aliphatic carboxylic acids is 1. The number of likely N-dealkylation sites (N-methyl/N-ethyl adjacent to an activating group) is 1. The second-order valence-corrected chi connectivity index (χ2v) is 5.78. The molecule has 1 aromatic carbocycles. The van der Waals surface area contributed by atoms with Crippen molar-refractivity contribution < 1.29 is 23.1 Å². The predicted octanol–water partition coefficient (Wildman–Crippen LogP) is 0.594. The molecule has 6 nitrogen and oxygen atoms in total. The molecule has 0 saturated heterocycles. The molecular formula is C11H13NO5S. The lowest BCUT2D eigenvalue weighted by molar-refractivity contribution is -0.137. The van der Waals surface area contributed by atoms with Crippen molar-refractivity contribution in [3.8, 4) is 0 Å². The molecule has 0 heterocycles. The average molecular weight is 271 g/mol. The molecule has 0 bridgehead atoms. The molecule has 0 unspecified atom stereocenters. The van der Waals surface area contributed by atoms with Crippen LogP contribution in [0, 0.1) is 0 Å². The lowest BCUT2D eigenvalue weighted by Crippen LogP contribution is -2.32. The van der Waals surface area contributed by atoms with Crippen LogP contribution in [0.3, 0.4) is 0 Å². The van der Waals surface area contributed by atoms with Crippen LogP contribution in [-0.4, -0.2) is 43.2 Å². The van der Waals surface area contributed by atoms with Crippen molar-refractivity contribution in [2.75, 3.05) is 13.6 Å². The van der Waals surface area contributed by atoms with Gasteiger partial charge in [0.05, 0.1) is 4.90 Å². The Morgan fingerprint density at radius 3 is 2.11 bits per heavy atom. The first kappa shape index (κ1) is 14.3. The van der Waals surface area contributed by atoms with Gasteiger partial charge in [-0.1, -0.05) is 12.1 Å². The molecule has 18 heavy (non-hydrogen) atoms. The third kappa shape index (κ3) is 3.14. The van der Waals surface area contributed by atoms with E-state index in [0.29, 0.717) is 5.56 Å². The third-order valence-electron chi connectivity index (χ3n) is 2.33. The smallest absolute Gasteiger partial charge is 0.318 e. The normalized spacial score (nSPS) is 11.5. The minimum Gasteiger partial charge on any atom is -0.480 e. The van der Waals surface area contributed by atoms with Crippen LogP contribution in [0.5, 0.6) is 0 Å². The monoisotopic (exact) mass is 271 g/mol. The van der Waals surface area contributed by atoms with Crippen molar-refractivity contribution in [1.29, 1.82) is 0 Å². The second-order valence-electron chi connectivity index (χ2n) is 3.74. The summed E-state index contributed by atoms with van der Waals surface area (Å²) in [6, 6.07) is 5.35. The van der Waals surface area contributed by atoms with E-state index in [4.69, 9.17) is 5.11 Å². The number of Topliss-reactive ketones (excluding diaryl/α,β-unsaturated/α-hetero) is 1. The number of rotatable bonds is 5. The number of carboxylic acids is 1. The highest BCUT2D eigenvalue weighted by molar-refractivity contribution is 7.89. The fourth-order valence-corrected chi connectivity index (χ4v) is 2.44. The summed E-state index contributed by atoms with van der Waals surface area (Å²) in [4.78, 5) is 21.5. The molecule has 7 heteroatoms. The van der Waals surface area contributed by atoms with Gasteiger partial charge in [-0.25, -0.2) is 8.42 Å². The van der Waals surface area contributed by atoms with Gasteiger partial charge in [-0.05, 0) is 19.1 Å². The lowest BCUT2D eigenvalue weighted by atomic mass is 10.2. The van der Waals surface area contributed by atoms with Crippen molar-refractivity contribution in [2.24, 2.45) is 0 Å². The Kier molecular flexibility index (Phi) is 4.20. The quantitative estimate of drug-likeness (QED) is 0.791. The minimum absolute atomic E-state index is 0.0451. The topological polar surface area (TPSA) is 91.8 Å². The molecule has 0 saturated carbocycles. The maximum absolute atomic E-state index is 11.9. The Morgan fingerprint density at radius 1 is 1.22 bits per heavy atom. The molecule has 0 fully saturated rings. The zero-order valence-electron chi connectivity index (χ0n) is 9.95. The van der Waals surface area contributed by atoms with Gasteiger partial charge < -0.3 is 5.11 Å². The maximum atomic E-state index is 11.9. The van der Waals surface area contributed by atoms with Crippen LogP contribution >= 0.6 is 0 Å². The summed E-state index contributed by atoms with van der Waals surface area (Å²) >= 11 is 0. The summed E-state index contributed by atoms with van der Waals surface area (Å²) < 4.78 is 24.6. The van der Waals surface area contributed by atoms with E-state index < -0.39 is 22.5 Å². The molecular weight excluding hydrogens is 258 g/mol. The Morgan fingerprint density at radius 2 is 1.72 bits per heavy atom. The molecule has 0 radical (unpaired) electrons. The Labute approximate surface area is 105 Å². The summed E-state index contributed by atoms with van der Waals surface area (Å²) in [7, 11) is -2.65. The van der Waals surface area contributed by atoms with E-state index >= 15 is 0 Å². The third-order valence-corrected chi connectivity index (χ3v) is 4.14. The Balaban J connectivity index is 3.05. The number of carbonyl (C=O) groups excluding carboxylic acids is 1. The first-order valence-corrected chi connectivity index (χ1v) is 6.48. The van der Waals surface area contributed by atoms with Crippen LogP contribution in [0.4, 0.5) is 0 Å². The number of carbonyl (C=O) groups is 2. The highest BCUT2D eigenvalue weighted by atomic mass is 32.2. The molecule has 1 rings (SSSR count). The van der Waals surface area contributed by atoms with E-state index in [1.165, 1.54) is 38.2 Å². The first-order chi connectivity index (χ1) is 8.25. The van der Waals surface area contributed by atoms with Gasteiger partial charge in [-0.2, -0.15) is 4.31 Å². The fraction of sp³-hybridized carbons (Fsp3) is 0.273. The molecule has 0 aliphatic carbocycles. The lowest BCUT2D eigenvalue weighted by Gasteiger charge is -2.14. The second kappa shape index (κ2) is 5.28. The minimum atomic E-state index is -3.84. The summed E-state index contributed by atoms with van der Waals surface area (Å²) in [6.45, 7) is 0.761. The number of hydrogen-bond acceptors (Lipinski definition) is 4. The van der Waals surface area contributed by atoms with Crippen LogP contribution in [0.15, 0.2) is 29.2 Å². The molecule has 0 aromatic heterocycles. The van der Waals surface area contributed by atoms with Crippen molar-refractivity contribution in [3.63, 3.8) is 0 Å². The van der Waals surface area contributed by atoms with Crippen molar-refractivity contribution >= 4 is 21.8 Å². The SMILES string of the molecule is CC(=O)c1ccc(S(=O)(=O)N(C)CC(=O)O)cc1. The van der Waals surface area contributed by atoms with Gasteiger partial charge in [0, 0.05) is 12.6 Å². The molecule has 1 aromatic rings.